The minimum Gasteiger partial charge on any atom is -0.383 e. The number of urea groups is 1. The minimum atomic E-state index is -0.216. The van der Waals surface area contributed by atoms with Gasteiger partial charge < -0.3 is 15.4 Å². The van der Waals surface area contributed by atoms with Gasteiger partial charge in [-0.05, 0) is 37.4 Å². The summed E-state index contributed by atoms with van der Waals surface area (Å²) in [6, 6.07) is 7.48. The van der Waals surface area contributed by atoms with Crippen LogP contribution in [0, 0.1) is 0 Å². The Bertz CT molecular complexity index is 354. The van der Waals surface area contributed by atoms with Gasteiger partial charge in [0.15, 0.2) is 0 Å². The quantitative estimate of drug-likeness (QED) is 0.794. The Labute approximate surface area is 106 Å². The fourth-order valence-corrected chi connectivity index (χ4v) is 1.77. The van der Waals surface area contributed by atoms with Gasteiger partial charge in [-0.3, -0.25) is 0 Å². The normalized spacial score (nSPS) is 11.9. The molecule has 1 rings (SSSR count). The van der Waals surface area contributed by atoms with E-state index in [1.54, 1.807) is 18.9 Å². The van der Waals surface area contributed by atoms with Gasteiger partial charge in [0, 0.05) is 17.7 Å². The van der Waals surface area contributed by atoms with Gasteiger partial charge >= 0.3 is 6.03 Å². The molecule has 2 amide bonds. The van der Waals surface area contributed by atoms with Crippen LogP contribution in [0.4, 0.5) is 10.5 Å². The van der Waals surface area contributed by atoms with Crippen LogP contribution in [-0.4, -0.2) is 32.0 Å². The highest BCUT2D eigenvalue weighted by Crippen LogP contribution is 2.17. The molecule has 0 aromatic heterocycles. The Kier molecular flexibility index (Phi) is 5.86. The van der Waals surface area contributed by atoms with Gasteiger partial charge in [0.2, 0.25) is 0 Å². The van der Waals surface area contributed by atoms with Gasteiger partial charge in [-0.2, -0.15) is 0 Å². The molecule has 0 bridgehead atoms. The molecule has 0 aliphatic carbocycles. The van der Waals surface area contributed by atoms with Crippen molar-refractivity contribution < 1.29 is 9.53 Å². The van der Waals surface area contributed by atoms with Crippen molar-refractivity contribution in [2.45, 2.75) is 17.9 Å². The number of nitrogens with one attached hydrogen (secondary N) is 2. The molecule has 4 nitrogen and oxygen atoms in total. The van der Waals surface area contributed by atoms with Crippen LogP contribution in [0.1, 0.15) is 6.92 Å². The second-order valence-corrected chi connectivity index (χ2v) is 4.56. The van der Waals surface area contributed by atoms with Gasteiger partial charge in [-0.15, -0.1) is 11.8 Å². The van der Waals surface area contributed by atoms with Gasteiger partial charge in [0.1, 0.15) is 0 Å². The molecule has 1 atom stereocenters. The molecule has 94 valence electrons. The molecule has 1 aromatic carbocycles. The zero-order valence-electron chi connectivity index (χ0n) is 10.3. The maximum absolute atomic E-state index is 11.6. The third kappa shape index (κ3) is 5.10. The lowest BCUT2D eigenvalue weighted by Crippen LogP contribution is -2.38. The average Bonchev–Trinajstić information content (AvgIpc) is 2.30. The molecule has 17 heavy (non-hydrogen) atoms. The summed E-state index contributed by atoms with van der Waals surface area (Å²) in [7, 11) is 1.61. The van der Waals surface area contributed by atoms with Crippen molar-refractivity contribution in [2.75, 3.05) is 25.3 Å². The smallest absolute Gasteiger partial charge is 0.319 e. The number of hydrogen-bond acceptors (Lipinski definition) is 3. The summed E-state index contributed by atoms with van der Waals surface area (Å²) in [5.74, 6) is 0. The van der Waals surface area contributed by atoms with Crippen molar-refractivity contribution in [1.29, 1.82) is 0 Å². The maximum atomic E-state index is 11.6. The molecule has 0 aliphatic heterocycles. The van der Waals surface area contributed by atoms with E-state index in [4.69, 9.17) is 4.74 Å². The number of rotatable bonds is 5. The van der Waals surface area contributed by atoms with E-state index >= 15 is 0 Å². The van der Waals surface area contributed by atoms with Crippen molar-refractivity contribution in [3.8, 4) is 0 Å². The SMILES string of the molecule is COCC(C)NC(=O)Nc1ccc(SC)cc1. The Morgan fingerprint density at radius 1 is 1.41 bits per heavy atom. The fraction of sp³-hybridized carbons (Fsp3) is 0.417. The number of amides is 2. The van der Waals surface area contributed by atoms with E-state index in [1.807, 2.05) is 37.4 Å². The number of benzene rings is 1. The zero-order chi connectivity index (χ0) is 12.7. The predicted molar refractivity (Wildman–Crippen MR) is 71.7 cm³/mol. The monoisotopic (exact) mass is 254 g/mol. The highest BCUT2D eigenvalue weighted by molar-refractivity contribution is 7.98. The molecular weight excluding hydrogens is 236 g/mol. The van der Waals surface area contributed by atoms with Gasteiger partial charge in [-0.1, -0.05) is 0 Å². The van der Waals surface area contributed by atoms with Crippen LogP contribution in [-0.2, 0) is 4.74 Å². The Morgan fingerprint density at radius 2 is 2.06 bits per heavy atom. The summed E-state index contributed by atoms with van der Waals surface area (Å²) in [6.45, 7) is 2.39. The summed E-state index contributed by atoms with van der Waals surface area (Å²) in [4.78, 5) is 12.7. The molecule has 0 aliphatic rings. The van der Waals surface area contributed by atoms with Crippen molar-refractivity contribution in [1.82, 2.24) is 5.32 Å². The lowest BCUT2D eigenvalue weighted by Gasteiger charge is -2.13. The Morgan fingerprint density at radius 3 is 2.59 bits per heavy atom. The van der Waals surface area contributed by atoms with Crippen molar-refractivity contribution in [3.05, 3.63) is 24.3 Å². The van der Waals surface area contributed by atoms with Crippen molar-refractivity contribution >= 4 is 23.5 Å². The van der Waals surface area contributed by atoms with Crippen LogP contribution in [0.2, 0.25) is 0 Å². The number of hydrogen-bond donors (Lipinski definition) is 2. The van der Waals surface area contributed by atoms with Crippen LogP contribution in [0.3, 0.4) is 0 Å². The van der Waals surface area contributed by atoms with Crippen LogP contribution in [0.5, 0.6) is 0 Å². The molecule has 0 radical (unpaired) electrons. The molecule has 2 N–H and O–H groups in total. The summed E-state index contributed by atoms with van der Waals surface area (Å²) in [5, 5.41) is 5.55. The van der Waals surface area contributed by atoms with E-state index < -0.39 is 0 Å². The summed E-state index contributed by atoms with van der Waals surface area (Å²) >= 11 is 1.67. The number of carbonyl (C=O) groups is 1. The topological polar surface area (TPSA) is 50.4 Å². The van der Waals surface area contributed by atoms with E-state index in [9.17, 15) is 4.79 Å². The molecule has 1 aromatic rings. The third-order valence-electron chi connectivity index (χ3n) is 2.14. The Hall–Kier alpha value is -1.20. The maximum Gasteiger partial charge on any atom is 0.319 e. The molecular formula is C12H18N2O2S. The van der Waals surface area contributed by atoms with Crippen LogP contribution in [0.15, 0.2) is 29.2 Å². The lowest BCUT2D eigenvalue weighted by molar-refractivity contribution is 0.173. The Balaban J connectivity index is 2.44. The number of thioether (sulfide) groups is 1. The standard InChI is InChI=1S/C12H18N2O2S/c1-9(8-16-2)13-12(15)14-10-4-6-11(17-3)7-5-10/h4-7,9H,8H2,1-3H3,(H2,13,14,15). The van der Waals surface area contributed by atoms with Gasteiger partial charge in [0.05, 0.1) is 12.6 Å². The molecule has 0 spiro atoms. The number of methoxy groups -OCH3 is 1. The first-order chi connectivity index (χ1) is 8.15. The van der Waals surface area contributed by atoms with Gasteiger partial charge in [0.25, 0.3) is 0 Å². The van der Waals surface area contributed by atoms with E-state index in [-0.39, 0.29) is 12.1 Å². The molecule has 0 saturated heterocycles. The van der Waals surface area contributed by atoms with Crippen LogP contribution in [0.25, 0.3) is 0 Å². The molecule has 0 heterocycles. The minimum absolute atomic E-state index is 0.00882. The third-order valence-corrected chi connectivity index (χ3v) is 2.89. The van der Waals surface area contributed by atoms with Crippen LogP contribution < -0.4 is 10.6 Å². The summed E-state index contributed by atoms with van der Waals surface area (Å²) in [6.07, 6.45) is 2.02. The number of carbonyl (C=O) groups excluding carboxylic acids is 1. The number of anilines is 1. The average molecular weight is 254 g/mol. The molecule has 0 fully saturated rings. The van der Waals surface area contributed by atoms with Crippen LogP contribution >= 0.6 is 11.8 Å². The highest BCUT2D eigenvalue weighted by atomic mass is 32.2. The zero-order valence-corrected chi connectivity index (χ0v) is 11.1. The second-order valence-electron chi connectivity index (χ2n) is 3.68. The molecule has 1 unspecified atom stereocenters. The van der Waals surface area contributed by atoms with Gasteiger partial charge in [-0.25, -0.2) is 4.79 Å². The highest BCUT2D eigenvalue weighted by Gasteiger charge is 2.06. The first kappa shape index (κ1) is 13.9. The summed E-state index contributed by atoms with van der Waals surface area (Å²) < 4.78 is 4.94. The van der Waals surface area contributed by atoms with Crippen molar-refractivity contribution in [3.63, 3.8) is 0 Å². The lowest BCUT2D eigenvalue weighted by atomic mass is 10.3. The second kappa shape index (κ2) is 7.19. The van der Waals surface area contributed by atoms with E-state index in [1.165, 1.54) is 4.90 Å². The fourth-order valence-electron chi connectivity index (χ4n) is 1.36. The number of ether oxygens (including phenoxy) is 1. The first-order valence-electron chi connectivity index (χ1n) is 5.36. The summed E-state index contributed by atoms with van der Waals surface area (Å²) in [5.41, 5.74) is 0.782. The van der Waals surface area contributed by atoms with E-state index in [0.29, 0.717) is 6.61 Å². The van der Waals surface area contributed by atoms with E-state index in [2.05, 4.69) is 10.6 Å². The predicted octanol–water partition coefficient (Wildman–Crippen LogP) is 2.56. The molecule has 5 heteroatoms. The molecule has 0 saturated carbocycles. The first-order valence-corrected chi connectivity index (χ1v) is 6.58. The van der Waals surface area contributed by atoms with Crippen molar-refractivity contribution in [2.24, 2.45) is 0 Å². The largest absolute Gasteiger partial charge is 0.383 e. The van der Waals surface area contributed by atoms with E-state index in [0.717, 1.165) is 5.69 Å².